The zero-order valence-electron chi connectivity index (χ0n) is 37.9. The van der Waals surface area contributed by atoms with Crippen LogP contribution < -0.4 is 10.6 Å². The minimum atomic E-state index is -0.841. The van der Waals surface area contributed by atoms with Gasteiger partial charge in [0.05, 0.1) is 17.4 Å². The molecule has 0 radical (unpaired) electrons. The number of aliphatic carboxylic acids is 1. The smallest absolute Gasteiger partial charge is 0.309 e. The summed E-state index contributed by atoms with van der Waals surface area (Å²) in [6.07, 6.45) is 8.48. The molecule has 5 saturated carbocycles. The third-order valence-electron chi connectivity index (χ3n) is 18.2. The van der Waals surface area contributed by atoms with Crippen molar-refractivity contribution < 1.29 is 33.8 Å². The summed E-state index contributed by atoms with van der Waals surface area (Å²) in [5.74, 6) is -1.07. The van der Waals surface area contributed by atoms with Crippen LogP contribution in [0.25, 0.3) is 0 Å². The zero-order chi connectivity index (χ0) is 43.5. The Bertz CT molecular complexity index is 1960. The number of nitrogens with one attached hydrogen (secondary N) is 3. The quantitative estimate of drug-likeness (QED) is 0.171. The zero-order valence-corrected chi connectivity index (χ0v) is 37.9. The van der Waals surface area contributed by atoms with Gasteiger partial charge in [0.1, 0.15) is 11.8 Å². The molecule has 1 heterocycles. The maximum Gasteiger partial charge on any atom is 0.309 e. The van der Waals surface area contributed by atoms with Gasteiger partial charge in [0.15, 0.2) is 5.78 Å². The molecule has 0 saturated heterocycles. The van der Waals surface area contributed by atoms with Gasteiger partial charge in [0.2, 0.25) is 5.91 Å². The van der Waals surface area contributed by atoms with Gasteiger partial charge in [-0.25, -0.2) is 0 Å². The van der Waals surface area contributed by atoms with Crippen LogP contribution in [0.2, 0.25) is 0 Å². The third kappa shape index (κ3) is 6.72. The van der Waals surface area contributed by atoms with Gasteiger partial charge in [-0.05, 0) is 136 Å². The van der Waals surface area contributed by atoms with E-state index in [0.717, 1.165) is 62.6 Å². The number of esters is 1. The second-order valence-electron chi connectivity index (χ2n) is 23.0. The number of H-pyrrole nitrogens is 1. The van der Waals surface area contributed by atoms with Crippen molar-refractivity contribution in [3.05, 3.63) is 28.6 Å². The van der Waals surface area contributed by atoms with Crippen LogP contribution in [-0.2, 0) is 23.9 Å². The lowest BCUT2D eigenvalue weighted by atomic mass is 9.33. The van der Waals surface area contributed by atoms with Crippen LogP contribution in [0.4, 0.5) is 0 Å². The third-order valence-corrected chi connectivity index (χ3v) is 18.2. The lowest BCUT2D eigenvalue weighted by Crippen LogP contribution is -2.66. The molecule has 0 bridgehead atoms. The number of amides is 2. The van der Waals surface area contributed by atoms with Crippen LogP contribution in [0.15, 0.2) is 17.2 Å². The number of aryl methyl sites for hydroxylation is 1. The van der Waals surface area contributed by atoms with Crippen LogP contribution in [0.1, 0.15) is 163 Å². The van der Waals surface area contributed by atoms with E-state index < -0.39 is 34.2 Å². The fraction of sp³-hybridized carbons (Fsp3) is 0.792. The molecule has 0 aromatic carbocycles. The second-order valence-corrected chi connectivity index (χ2v) is 23.0. The predicted molar refractivity (Wildman–Crippen MR) is 225 cm³/mol. The highest BCUT2D eigenvalue weighted by Crippen LogP contribution is 2.77. The summed E-state index contributed by atoms with van der Waals surface area (Å²) in [4.78, 5) is 66.5. The molecule has 11 nitrogen and oxygen atoms in total. The van der Waals surface area contributed by atoms with E-state index in [0.29, 0.717) is 30.4 Å². The predicted octanol–water partition coefficient (Wildman–Crippen LogP) is 8.37. The standard InChI is InChI=1S/C48H72N4O7/c1-26(2)37-32(53)23-48(24-36(54)49-25-42(4,5)50-39(55)31-21-27(3)51-52-31)20-19-46(11)28(38(37)48)13-14-34-45(10)17-16-35(44(8,9)33(45)15-18-47(34,46)12)59-41(58)30-22-29(40(56)57)43(30,6)7/h21,26,28-30,33-35H,13-20,22-25H2,1-12H3,(H,49,54)(H,50,55)(H,51,52)(H,56,57)/t28-,29+,30-,33+,34-,35+,45+,46-,47-,48+/m1/s1. The Labute approximate surface area is 351 Å². The number of allylic oxidation sites excluding steroid dienone is 2. The summed E-state index contributed by atoms with van der Waals surface area (Å²) in [5, 5.41) is 22.7. The number of aromatic amines is 1. The molecule has 0 spiro atoms. The number of rotatable bonds is 10. The van der Waals surface area contributed by atoms with Crippen molar-refractivity contribution in [3.63, 3.8) is 0 Å². The van der Waals surface area contributed by atoms with E-state index in [1.165, 1.54) is 5.57 Å². The number of fused-ring (bicyclic) bond motifs is 7. The Morgan fingerprint density at radius 1 is 0.915 bits per heavy atom. The number of Topliss-reactive ketones (excluding diaryl/α,β-unsaturated/α-hetero) is 1. The Balaban J connectivity index is 1.09. The summed E-state index contributed by atoms with van der Waals surface area (Å²) >= 11 is 0. The van der Waals surface area contributed by atoms with E-state index >= 15 is 0 Å². The molecular weight excluding hydrogens is 745 g/mol. The molecular formula is C48H72N4O7. The summed E-state index contributed by atoms with van der Waals surface area (Å²) in [6.45, 7) is 26.1. The topological polar surface area (TPSA) is 168 Å². The first-order valence-corrected chi connectivity index (χ1v) is 22.6. The minimum absolute atomic E-state index is 0.0206. The van der Waals surface area contributed by atoms with E-state index in [2.05, 4.69) is 69.3 Å². The van der Waals surface area contributed by atoms with Crippen LogP contribution in [0, 0.1) is 74.9 Å². The number of ketones is 1. The number of hydrogen-bond acceptors (Lipinski definition) is 7. The molecule has 7 rings (SSSR count). The molecule has 10 atom stereocenters. The molecule has 0 unspecified atom stereocenters. The van der Waals surface area contributed by atoms with Crippen molar-refractivity contribution in [1.29, 1.82) is 0 Å². The maximum atomic E-state index is 14.1. The molecule has 6 aliphatic carbocycles. The minimum Gasteiger partial charge on any atom is -0.481 e. The van der Waals surface area contributed by atoms with E-state index in [4.69, 9.17) is 4.74 Å². The normalized spacial score (nSPS) is 38.3. The van der Waals surface area contributed by atoms with Crippen LogP contribution >= 0.6 is 0 Å². The molecule has 1 aromatic rings. The Morgan fingerprint density at radius 3 is 2.22 bits per heavy atom. The number of carboxylic acid groups (broad SMARTS) is 1. The van der Waals surface area contributed by atoms with Crippen LogP contribution in [0.5, 0.6) is 0 Å². The van der Waals surface area contributed by atoms with Gasteiger partial charge in [-0.2, -0.15) is 5.10 Å². The molecule has 5 fully saturated rings. The molecule has 59 heavy (non-hydrogen) atoms. The van der Waals surface area contributed by atoms with E-state index in [1.54, 1.807) is 6.07 Å². The molecule has 1 aromatic heterocycles. The van der Waals surface area contributed by atoms with Crippen LogP contribution in [0.3, 0.4) is 0 Å². The number of nitrogens with zero attached hydrogens (tertiary/aromatic N) is 1. The molecule has 326 valence electrons. The van der Waals surface area contributed by atoms with Gasteiger partial charge in [-0.15, -0.1) is 0 Å². The highest BCUT2D eigenvalue weighted by molar-refractivity contribution is 6.01. The van der Waals surface area contributed by atoms with Crippen molar-refractivity contribution in [3.8, 4) is 0 Å². The Kier molecular flexibility index (Phi) is 10.6. The number of aromatic nitrogens is 2. The maximum absolute atomic E-state index is 14.1. The first kappa shape index (κ1) is 43.6. The number of carboxylic acids is 1. The molecule has 6 aliphatic rings. The van der Waals surface area contributed by atoms with Gasteiger partial charge < -0.3 is 20.5 Å². The Hall–Kier alpha value is -3.50. The van der Waals surface area contributed by atoms with Crippen molar-refractivity contribution >= 4 is 29.5 Å². The number of ether oxygens (including phenoxy) is 1. The van der Waals surface area contributed by atoms with Gasteiger partial charge in [0.25, 0.3) is 5.91 Å². The second kappa shape index (κ2) is 14.3. The van der Waals surface area contributed by atoms with Crippen LogP contribution in [-0.4, -0.2) is 63.0 Å². The van der Waals surface area contributed by atoms with Crippen molar-refractivity contribution in [2.45, 2.75) is 165 Å². The first-order valence-electron chi connectivity index (χ1n) is 22.6. The number of hydrogen-bond donors (Lipinski definition) is 4. The van der Waals surface area contributed by atoms with Crippen molar-refractivity contribution in [1.82, 2.24) is 20.8 Å². The highest BCUT2D eigenvalue weighted by Gasteiger charge is 2.70. The SMILES string of the molecule is Cc1cc(C(=O)NC(C)(C)CNC(=O)C[C@@]23CC[C@]4(C)[C@H](CC[C@@H]5[C@@]6(C)CC[C@H](OC(=O)[C@H]7C[C@@H](C(=O)O)C7(C)C)C(C)(C)[C@@H]6CC[C@]54C)C2=C(C(C)C)C(=O)C3)n[nH]1. The largest absolute Gasteiger partial charge is 0.481 e. The van der Waals surface area contributed by atoms with Crippen molar-refractivity contribution in [2.75, 3.05) is 6.54 Å². The molecule has 4 N–H and O–H groups in total. The summed E-state index contributed by atoms with van der Waals surface area (Å²) in [5.41, 5.74) is 1.28. The van der Waals surface area contributed by atoms with E-state index in [-0.39, 0.29) is 76.1 Å². The monoisotopic (exact) mass is 817 g/mol. The summed E-state index contributed by atoms with van der Waals surface area (Å²) in [6, 6.07) is 1.69. The van der Waals surface area contributed by atoms with E-state index in [1.807, 2.05) is 34.6 Å². The summed E-state index contributed by atoms with van der Waals surface area (Å²) < 4.78 is 6.42. The lowest BCUT2D eigenvalue weighted by molar-refractivity contribution is -0.236. The average Bonchev–Trinajstić information content (AvgIpc) is 3.68. The fourth-order valence-corrected chi connectivity index (χ4v) is 14.7. The molecule has 2 amide bonds. The Morgan fingerprint density at radius 2 is 1.61 bits per heavy atom. The van der Waals surface area contributed by atoms with Gasteiger partial charge in [0, 0.05) is 35.9 Å². The summed E-state index contributed by atoms with van der Waals surface area (Å²) in [7, 11) is 0. The fourth-order valence-electron chi connectivity index (χ4n) is 14.7. The molecule has 0 aliphatic heterocycles. The van der Waals surface area contributed by atoms with Crippen molar-refractivity contribution in [2.24, 2.45) is 68.0 Å². The van der Waals surface area contributed by atoms with E-state index in [9.17, 15) is 29.1 Å². The van der Waals surface area contributed by atoms with Gasteiger partial charge >= 0.3 is 11.9 Å². The molecule has 11 heteroatoms. The highest BCUT2D eigenvalue weighted by atomic mass is 16.5. The van der Waals surface area contributed by atoms with Gasteiger partial charge in [-0.1, -0.05) is 67.9 Å². The average molecular weight is 817 g/mol. The lowest BCUT2D eigenvalue weighted by Gasteiger charge is -2.72. The van der Waals surface area contributed by atoms with Gasteiger partial charge in [-0.3, -0.25) is 29.1 Å². The first-order chi connectivity index (χ1) is 27.2. The number of carbonyl (C=O) groups is 5. The number of carbonyl (C=O) groups excluding carboxylic acids is 4.